The van der Waals surface area contributed by atoms with Gasteiger partial charge in [-0.1, -0.05) is 32.4 Å². The second-order valence-electron chi connectivity index (χ2n) is 5.17. The van der Waals surface area contributed by atoms with Crippen LogP contribution in [0, 0.1) is 0 Å². The second kappa shape index (κ2) is 5.43. The summed E-state index contributed by atoms with van der Waals surface area (Å²) in [5.41, 5.74) is 0.124. The van der Waals surface area contributed by atoms with Gasteiger partial charge in [0, 0.05) is 17.5 Å². The molecule has 0 saturated heterocycles. The summed E-state index contributed by atoms with van der Waals surface area (Å²) in [5.74, 6) is 2.31. The highest BCUT2D eigenvalue weighted by Crippen LogP contribution is 2.39. The van der Waals surface area contributed by atoms with Crippen LogP contribution >= 0.6 is 11.6 Å². The molecule has 1 aromatic rings. The first-order valence-corrected chi connectivity index (χ1v) is 7.33. The number of hydrogen-bond acceptors (Lipinski definition) is 3. The van der Waals surface area contributed by atoms with Gasteiger partial charge in [0.05, 0.1) is 0 Å². The summed E-state index contributed by atoms with van der Waals surface area (Å²) < 4.78 is 0. The average molecular weight is 268 g/mol. The van der Waals surface area contributed by atoms with Crippen LogP contribution < -0.4 is 5.32 Å². The van der Waals surface area contributed by atoms with E-state index < -0.39 is 0 Å². The van der Waals surface area contributed by atoms with Crippen LogP contribution in [0.4, 0.5) is 5.82 Å². The topological polar surface area (TPSA) is 37.8 Å². The van der Waals surface area contributed by atoms with E-state index in [2.05, 4.69) is 36.1 Å². The minimum absolute atomic E-state index is 0.124. The van der Waals surface area contributed by atoms with Crippen LogP contribution in [0.25, 0.3) is 0 Å². The monoisotopic (exact) mass is 267 g/mol. The summed E-state index contributed by atoms with van der Waals surface area (Å²) in [6.07, 6.45) is 5.64. The lowest BCUT2D eigenvalue weighted by molar-refractivity contribution is 0.418. The van der Waals surface area contributed by atoms with Gasteiger partial charge in [0.2, 0.25) is 0 Å². The molecular formula is C14H22ClN3. The zero-order chi connectivity index (χ0) is 13.2. The lowest BCUT2D eigenvalue weighted by Crippen LogP contribution is -2.36. The molecule has 1 heterocycles. The molecule has 0 bridgehead atoms. The average Bonchev–Trinajstić information content (AvgIpc) is 3.20. The van der Waals surface area contributed by atoms with E-state index in [1.807, 2.05) is 6.07 Å². The van der Waals surface area contributed by atoms with Crippen molar-refractivity contribution in [2.24, 2.45) is 0 Å². The van der Waals surface area contributed by atoms with Gasteiger partial charge < -0.3 is 5.32 Å². The Morgan fingerprint density at radius 3 is 2.33 bits per heavy atom. The first-order chi connectivity index (χ1) is 8.62. The van der Waals surface area contributed by atoms with Gasteiger partial charge in [0.15, 0.2) is 0 Å². The van der Waals surface area contributed by atoms with Crippen LogP contribution in [-0.4, -0.2) is 15.5 Å². The molecule has 1 fully saturated rings. The Kier molecular flexibility index (Phi) is 4.10. The van der Waals surface area contributed by atoms with E-state index in [9.17, 15) is 0 Å². The van der Waals surface area contributed by atoms with Gasteiger partial charge in [-0.05, 0) is 32.1 Å². The Hall–Kier alpha value is -0.830. The predicted octanol–water partition coefficient (Wildman–Crippen LogP) is 4.39. The molecule has 4 heteroatoms. The highest BCUT2D eigenvalue weighted by atomic mass is 35.5. The van der Waals surface area contributed by atoms with Gasteiger partial charge in [0.25, 0.3) is 0 Å². The molecule has 3 nitrogen and oxygen atoms in total. The van der Waals surface area contributed by atoms with Crippen molar-refractivity contribution < 1.29 is 0 Å². The van der Waals surface area contributed by atoms with Crippen molar-refractivity contribution in [3.63, 3.8) is 0 Å². The van der Waals surface area contributed by atoms with Crippen LogP contribution in [0.1, 0.15) is 64.6 Å². The number of hydrogen-bond donors (Lipinski definition) is 1. The van der Waals surface area contributed by atoms with E-state index in [-0.39, 0.29) is 5.54 Å². The summed E-state index contributed by atoms with van der Waals surface area (Å²) in [6, 6.07) is 1.84. The Bertz CT molecular complexity index is 403. The molecule has 0 atom stereocenters. The third kappa shape index (κ3) is 2.94. The number of aromatic nitrogens is 2. The highest BCUT2D eigenvalue weighted by Gasteiger charge is 2.29. The van der Waals surface area contributed by atoms with Crippen molar-refractivity contribution in [3.05, 3.63) is 17.0 Å². The standard InChI is InChI=1S/C14H22ClN3/c1-4-14(5-2,6-3)18-12-9-11(15)16-13(17-12)10-7-8-10/h9-10H,4-8H2,1-3H3,(H,16,17,18). The van der Waals surface area contributed by atoms with E-state index in [0.29, 0.717) is 11.1 Å². The number of nitrogens with zero attached hydrogens (tertiary/aromatic N) is 2. The number of halogens is 1. The molecule has 0 unspecified atom stereocenters. The maximum Gasteiger partial charge on any atom is 0.135 e. The third-order valence-corrected chi connectivity index (χ3v) is 4.27. The summed E-state index contributed by atoms with van der Waals surface area (Å²) >= 11 is 6.09. The Morgan fingerprint density at radius 1 is 1.22 bits per heavy atom. The number of rotatable bonds is 6. The van der Waals surface area contributed by atoms with E-state index in [4.69, 9.17) is 11.6 Å². The smallest absolute Gasteiger partial charge is 0.135 e. The predicted molar refractivity (Wildman–Crippen MR) is 76.2 cm³/mol. The molecule has 0 radical (unpaired) electrons. The van der Waals surface area contributed by atoms with Crippen LogP contribution in [0.15, 0.2) is 6.07 Å². The molecule has 1 aromatic heterocycles. The maximum atomic E-state index is 6.09. The van der Waals surface area contributed by atoms with Crippen molar-refractivity contribution in [2.75, 3.05) is 5.32 Å². The quantitative estimate of drug-likeness (QED) is 0.777. The normalized spacial score (nSPS) is 15.8. The fraction of sp³-hybridized carbons (Fsp3) is 0.714. The molecular weight excluding hydrogens is 246 g/mol. The van der Waals surface area contributed by atoms with Crippen LogP contribution in [0.3, 0.4) is 0 Å². The Morgan fingerprint density at radius 2 is 1.83 bits per heavy atom. The summed E-state index contributed by atoms with van der Waals surface area (Å²) in [7, 11) is 0. The molecule has 0 spiro atoms. The molecule has 2 rings (SSSR count). The number of anilines is 1. The van der Waals surface area contributed by atoms with Crippen LogP contribution in [-0.2, 0) is 0 Å². The summed E-state index contributed by atoms with van der Waals surface area (Å²) in [4.78, 5) is 8.94. The van der Waals surface area contributed by atoms with Crippen molar-refractivity contribution >= 4 is 17.4 Å². The SMILES string of the molecule is CCC(CC)(CC)Nc1cc(Cl)nc(C2CC2)n1. The van der Waals surface area contributed by atoms with Gasteiger partial charge >= 0.3 is 0 Å². The van der Waals surface area contributed by atoms with Gasteiger partial charge in [0.1, 0.15) is 16.8 Å². The second-order valence-corrected chi connectivity index (χ2v) is 5.56. The van der Waals surface area contributed by atoms with Crippen molar-refractivity contribution in [2.45, 2.75) is 64.3 Å². The Labute approximate surface area is 114 Å². The minimum atomic E-state index is 0.124. The zero-order valence-electron chi connectivity index (χ0n) is 11.5. The van der Waals surface area contributed by atoms with Gasteiger partial charge in [-0.25, -0.2) is 9.97 Å². The van der Waals surface area contributed by atoms with Crippen molar-refractivity contribution in [1.29, 1.82) is 0 Å². The van der Waals surface area contributed by atoms with E-state index in [1.165, 1.54) is 12.8 Å². The van der Waals surface area contributed by atoms with Crippen molar-refractivity contribution in [3.8, 4) is 0 Å². The molecule has 1 aliphatic carbocycles. The fourth-order valence-electron chi connectivity index (χ4n) is 2.31. The molecule has 1 N–H and O–H groups in total. The van der Waals surface area contributed by atoms with Gasteiger partial charge in [-0.15, -0.1) is 0 Å². The molecule has 1 saturated carbocycles. The van der Waals surface area contributed by atoms with E-state index in [1.54, 1.807) is 0 Å². The fourth-order valence-corrected chi connectivity index (χ4v) is 2.50. The molecule has 0 aromatic carbocycles. The molecule has 0 aliphatic heterocycles. The summed E-state index contributed by atoms with van der Waals surface area (Å²) in [5, 5.41) is 4.12. The molecule has 100 valence electrons. The molecule has 0 amide bonds. The third-order valence-electron chi connectivity index (χ3n) is 4.08. The van der Waals surface area contributed by atoms with Crippen molar-refractivity contribution in [1.82, 2.24) is 9.97 Å². The van der Waals surface area contributed by atoms with E-state index >= 15 is 0 Å². The minimum Gasteiger partial charge on any atom is -0.365 e. The number of nitrogens with one attached hydrogen (secondary N) is 1. The maximum absolute atomic E-state index is 6.09. The lowest BCUT2D eigenvalue weighted by atomic mass is 9.90. The largest absolute Gasteiger partial charge is 0.365 e. The summed E-state index contributed by atoms with van der Waals surface area (Å²) in [6.45, 7) is 6.64. The first-order valence-electron chi connectivity index (χ1n) is 6.95. The lowest BCUT2D eigenvalue weighted by Gasteiger charge is -2.32. The Balaban J connectivity index is 2.21. The van der Waals surface area contributed by atoms with Crippen LogP contribution in [0.5, 0.6) is 0 Å². The molecule has 18 heavy (non-hydrogen) atoms. The van der Waals surface area contributed by atoms with Crippen LogP contribution in [0.2, 0.25) is 5.15 Å². The van der Waals surface area contributed by atoms with E-state index in [0.717, 1.165) is 30.9 Å². The van der Waals surface area contributed by atoms with Gasteiger partial charge in [-0.2, -0.15) is 0 Å². The highest BCUT2D eigenvalue weighted by molar-refractivity contribution is 6.29. The first kappa shape index (κ1) is 13.6. The van der Waals surface area contributed by atoms with Gasteiger partial charge in [-0.3, -0.25) is 0 Å². The zero-order valence-corrected chi connectivity index (χ0v) is 12.2. The molecule has 1 aliphatic rings.